The van der Waals surface area contributed by atoms with E-state index in [1.807, 2.05) is 11.3 Å². The smallest absolute Gasteiger partial charge is 0.0659 e. The van der Waals surface area contributed by atoms with Crippen molar-refractivity contribution in [2.75, 3.05) is 0 Å². The van der Waals surface area contributed by atoms with Crippen LogP contribution < -0.4 is 5.32 Å². The second-order valence-corrected chi connectivity index (χ2v) is 7.77. The molecule has 3 rings (SSSR count). The number of hydrogen-bond donors (Lipinski definition) is 1. The summed E-state index contributed by atoms with van der Waals surface area (Å²) in [5, 5.41) is 3.71. The van der Waals surface area contributed by atoms with E-state index in [1.54, 1.807) is 10.4 Å². The Balaban J connectivity index is 1.71. The van der Waals surface area contributed by atoms with Crippen LogP contribution in [0.4, 0.5) is 0 Å². The first-order chi connectivity index (χ1) is 8.83. The summed E-state index contributed by atoms with van der Waals surface area (Å²) in [6.45, 7) is 0.970. The average Bonchev–Trinajstić information content (AvgIpc) is 2.78. The lowest BCUT2D eigenvalue weighted by Crippen LogP contribution is -2.23. The largest absolute Gasteiger partial charge is 0.306 e. The summed E-state index contributed by atoms with van der Waals surface area (Å²) >= 11 is 4.40. The molecule has 3 heteroatoms. The zero-order chi connectivity index (χ0) is 12.4. The van der Waals surface area contributed by atoms with E-state index >= 15 is 0 Å². The molecule has 1 nitrogen and oxygen atoms in total. The van der Waals surface area contributed by atoms with E-state index < -0.39 is 0 Å². The molecule has 94 valence electrons. The lowest BCUT2D eigenvalue weighted by molar-refractivity contribution is 0.463. The summed E-state index contributed by atoms with van der Waals surface area (Å²) in [6, 6.07) is 13.6. The fourth-order valence-electron chi connectivity index (χ4n) is 2.57. The number of hydrogen-bond acceptors (Lipinski definition) is 2. The molecule has 0 amide bonds. The van der Waals surface area contributed by atoms with Crippen LogP contribution in [-0.4, -0.2) is 0 Å². The molecule has 1 atom stereocenters. The maximum absolute atomic E-state index is 3.71. The lowest BCUT2D eigenvalue weighted by atomic mass is 9.94. The van der Waals surface area contributed by atoms with Crippen molar-refractivity contribution in [1.82, 2.24) is 5.32 Å². The normalized spacial score (nSPS) is 18.6. The minimum absolute atomic E-state index is 0.550. The minimum atomic E-state index is 0.550. The molecule has 1 aliphatic carbocycles. The van der Waals surface area contributed by atoms with Crippen LogP contribution in [0, 0.1) is 2.88 Å². The van der Waals surface area contributed by atoms with Crippen LogP contribution >= 0.6 is 33.9 Å². The van der Waals surface area contributed by atoms with Gasteiger partial charge in [0.15, 0.2) is 0 Å². The van der Waals surface area contributed by atoms with Crippen molar-refractivity contribution in [3.8, 4) is 0 Å². The number of thiophene rings is 1. The van der Waals surface area contributed by atoms with Crippen molar-refractivity contribution in [1.29, 1.82) is 0 Å². The highest BCUT2D eigenvalue weighted by atomic mass is 127. The molecule has 0 radical (unpaired) electrons. The van der Waals surface area contributed by atoms with Gasteiger partial charge in [-0.25, -0.2) is 0 Å². The van der Waals surface area contributed by atoms with Crippen molar-refractivity contribution in [3.05, 3.63) is 55.3 Å². The van der Waals surface area contributed by atoms with Crippen LogP contribution in [0.3, 0.4) is 0 Å². The molecule has 0 saturated heterocycles. The van der Waals surface area contributed by atoms with Gasteiger partial charge in [-0.1, -0.05) is 30.3 Å². The van der Waals surface area contributed by atoms with Crippen LogP contribution in [0.25, 0.3) is 0 Å². The van der Waals surface area contributed by atoms with E-state index in [0.717, 1.165) is 6.54 Å². The topological polar surface area (TPSA) is 12.0 Å². The van der Waals surface area contributed by atoms with Gasteiger partial charge < -0.3 is 5.32 Å². The minimum Gasteiger partial charge on any atom is -0.306 e. The molecule has 0 spiro atoms. The first-order valence-electron chi connectivity index (χ1n) is 6.38. The van der Waals surface area contributed by atoms with E-state index in [9.17, 15) is 0 Å². The third-order valence-electron chi connectivity index (χ3n) is 3.48. The molecule has 0 bridgehead atoms. The first kappa shape index (κ1) is 12.6. The van der Waals surface area contributed by atoms with Crippen molar-refractivity contribution in [2.24, 2.45) is 0 Å². The van der Waals surface area contributed by atoms with E-state index in [2.05, 4.69) is 64.3 Å². The zero-order valence-electron chi connectivity index (χ0n) is 10.2. The predicted octanol–water partition coefficient (Wildman–Crippen LogP) is 4.52. The maximum Gasteiger partial charge on any atom is 0.0659 e. The zero-order valence-corrected chi connectivity index (χ0v) is 13.1. The lowest BCUT2D eigenvalue weighted by Gasteiger charge is -2.23. The van der Waals surface area contributed by atoms with Gasteiger partial charge in [-0.2, -0.15) is 0 Å². The molecule has 0 aliphatic heterocycles. The summed E-state index contributed by atoms with van der Waals surface area (Å²) in [4.78, 5) is 1.59. The Morgan fingerprint density at radius 2 is 2.11 bits per heavy atom. The summed E-state index contributed by atoms with van der Waals surface area (Å²) in [7, 11) is 0. The highest BCUT2D eigenvalue weighted by Gasteiger charge is 2.21. The van der Waals surface area contributed by atoms with Gasteiger partial charge in [-0.15, -0.1) is 11.3 Å². The molecule has 1 heterocycles. The van der Waals surface area contributed by atoms with Gasteiger partial charge in [-0.05, 0) is 59.0 Å². The van der Waals surface area contributed by atoms with E-state index in [0.29, 0.717) is 6.04 Å². The predicted molar refractivity (Wildman–Crippen MR) is 86.0 cm³/mol. The summed E-state index contributed by atoms with van der Waals surface area (Å²) < 4.78 is 1.42. The summed E-state index contributed by atoms with van der Waals surface area (Å²) in [5.41, 5.74) is 2.92. The molecular weight excluding hydrogens is 353 g/mol. The SMILES string of the molecule is Ic1cc2c(s1)CCCC2NCc1ccccc1. The molecule has 1 aliphatic rings. The quantitative estimate of drug-likeness (QED) is 0.785. The molecule has 0 fully saturated rings. The van der Waals surface area contributed by atoms with E-state index in [-0.39, 0.29) is 0 Å². The molecule has 2 aromatic rings. The van der Waals surface area contributed by atoms with Crippen LogP contribution in [-0.2, 0) is 13.0 Å². The molecular formula is C15H16INS. The highest BCUT2D eigenvalue weighted by Crippen LogP contribution is 2.36. The van der Waals surface area contributed by atoms with Crippen LogP contribution in [0.1, 0.15) is 34.9 Å². The van der Waals surface area contributed by atoms with Gasteiger partial charge >= 0.3 is 0 Å². The Kier molecular flexibility index (Phi) is 4.01. The van der Waals surface area contributed by atoms with Gasteiger partial charge in [-0.3, -0.25) is 0 Å². The van der Waals surface area contributed by atoms with Crippen LogP contribution in [0.2, 0.25) is 0 Å². The summed E-state index contributed by atoms with van der Waals surface area (Å²) in [6.07, 6.45) is 3.86. The summed E-state index contributed by atoms with van der Waals surface area (Å²) in [5.74, 6) is 0. The first-order valence-corrected chi connectivity index (χ1v) is 8.28. The fourth-order valence-corrected chi connectivity index (χ4v) is 4.69. The van der Waals surface area contributed by atoms with Gasteiger partial charge in [0.05, 0.1) is 2.88 Å². The number of halogens is 1. The van der Waals surface area contributed by atoms with Crippen molar-refractivity contribution < 1.29 is 0 Å². The molecule has 18 heavy (non-hydrogen) atoms. The Labute approximate surface area is 126 Å². The van der Waals surface area contributed by atoms with Crippen molar-refractivity contribution >= 4 is 33.9 Å². The standard InChI is InChI=1S/C15H16INS/c16-15-9-12-13(7-4-8-14(12)18-15)17-10-11-5-2-1-3-6-11/h1-3,5-6,9,13,17H,4,7-8,10H2. The third kappa shape index (κ3) is 2.78. The number of nitrogens with one attached hydrogen (secondary N) is 1. The average molecular weight is 369 g/mol. The van der Waals surface area contributed by atoms with Crippen LogP contribution in [0.5, 0.6) is 0 Å². The molecule has 1 aromatic heterocycles. The molecule has 1 N–H and O–H groups in total. The molecule has 0 saturated carbocycles. The van der Waals surface area contributed by atoms with Crippen molar-refractivity contribution in [2.45, 2.75) is 31.8 Å². The van der Waals surface area contributed by atoms with Gasteiger partial charge in [0, 0.05) is 17.5 Å². The Bertz CT molecular complexity index is 521. The van der Waals surface area contributed by atoms with Crippen molar-refractivity contribution in [3.63, 3.8) is 0 Å². The van der Waals surface area contributed by atoms with Gasteiger partial charge in [0.1, 0.15) is 0 Å². The number of aryl methyl sites for hydroxylation is 1. The number of rotatable bonds is 3. The Hall–Kier alpha value is -0.390. The van der Waals surface area contributed by atoms with Gasteiger partial charge in [0.2, 0.25) is 0 Å². The third-order valence-corrected chi connectivity index (χ3v) is 5.45. The Morgan fingerprint density at radius 1 is 1.28 bits per heavy atom. The number of fused-ring (bicyclic) bond motifs is 1. The second-order valence-electron chi connectivity index (χ2n) is 4.74. The second kappa shape index (κ2) is 5.72. The van der Waals surface area contributed by atoms with E-state index in [1.165, 1.54) is 27.7 Å². The monoisotopic (exact) mass is 369 g/mol. The van der Waals surface area contributed by atoms with Crippen LogP contribution in [0.15, 0.2) is 36.4 Å². The highest BCUT2D eigenvalue weighted by molar-refractivity contribution is 14.1. The number of benzene rings is 1. The van der Waals surface area contributed by atoms with Gasteiger partial charge in [0.25, 0.3) is 0 Å². The Morgan fingerprint density at radius 3 is 2.94 bits per heavy atom. The van der Waals surface area contributed by atoms with E-state index in [4.69, 9.17) is 0 Å². The maximum atomic E-state index is 3.71. The molecule has 1 aromatic carbocycles. The fraction of sp³-hybridized carbons (Fsp3) is 0.333. The molecule has 1 unspecified atom stereocenters.